The molecular weight excluding hydrogens is 640 g/mol. The van der Waals surface area contributed by atoms with Crippen molar-refractivity contribution in [2.24, 2.45) is 0 Å². The monoisotopic (exact) mass is 700 g/mol. The van der Waals surface area contributed by atoms with E-state index in [0.29, 0.717) is 91.3 Å². The van der Waals surface area contributed by atoms with Gasteiger partial charge in [-0.3, -0.25) is 9.59 Å². The number of carbonyl (C=O) groups excluding carboxylic acids is 2. The van der Waals surface area contributed by atoms with Crippen LogP contribution in [-0.4, -0.2) is 106 Å². The predicted molar refractivity (Wildman–Crippen MR) is 196 cm³/mol. The highest BCUT2D eigenvalue weighted by Crippen LogP contribution is 2.29. The molecule has 3 rings (SSSR count). The Balaban J connectivity index is 1.13. The number of benzene rings is 1. The number of aryl methyl sites for hydroxylation is 2. The molecule has 0 bridgehead atoms. The van der Waals surface area contributed by atoms with Gasteiger partial charge in [-0.2, -0.15) is 0 Å². The van der Waals surface area contributed by atoms with E-state index >= 15 is 0 Å². The van der Waals surface area contributed by atoms with Crippen molar-refractivity contribution in [2.75, 3.05) is 84.9 Å². The standard InChI is InChI=1S/C37H60N6O7/c1-3-5-9-17-39-33(44)15-20-46-22-24-48-26-28-50-29-27-49-25-23-47-21-16-34(45)40-18-10-11-19-43-32(14-6-4-2)42-35-36(43)30-12-7-8-13-31(30)41-37(35)38/h7-8,12-13H,3-6,9-11,14-29H2,1-2H3,(H2,38,41)(H,39,44)(H,40,45). The van der Waals surface area contributed by atoms with Gasteiger partial charge in [0.25, 0.3) is 0 Å². The number of unbranched alkanes of at least 4 members (excludes halogenated alkanes) is 4. The van der Waals surface area contributed by atoms with E-state index in [1.807, 2.05) is 18.2 Å². The van der Waals surface area contributed by atoms with Gasteiger partial charge in [-0.05, 0) is 31.7 Å². The molecule has 0 saturated heterocycles. The number of hydrogen-bond donors (Lipinski definition) is 3. The number of nitrogens with one attached hydrogen (secondary N) is 2. The summed E-state index contributed by atoms with van der Waals surface area (Å²) >= 11 is 0. The van der Waals surface area contributed by atoms with Gasteiger partial charge in [0.15, 0.2) is 5.82 Å². The molecule has 13 nitrogen and oxygen atoms in total. The van der Waals surface area contributed by atoms with Crippen LogP contribution in [-0.2, 0) is 46.2 Å². The average molecular weight is 701 g/mol. The van der Waals surface area contributed by atoms with Crippen LogP contribution in [0.25, 0.3) is 21.9 Å². The summed E-state index contributed by atoms with van der Waals surface area (Å²) in [6.45, 7) is 10.9. The lowest BCUT2D eigenvalue weighted by Gasteiger charge is -2.11. The molecule has 2 heterocycles. The zero-order valence-electron chi connectivity index (χ0n) is 30.3. The summed E-state index contributed by atoms with van der Waals surface area (Å²) in [6.07, 6.45) is 8.79. The van der Waals surface area contributed by atoms with Gasteiger partial charge in [-0.1, -0.05) is 51.3 Å². The number of aromatic nitrogens is 3. The summed E-state index contributed by atoms with van der Waals surface area (Å²) in [5.74, 6) is 1.52. The number of fused-ring (bicyclic) bond motifs is 3. The number of nitrogens with two attached hydrogens (primary N) is 1. The Labute approximate surface area is 297 Å². The zero-order chi connectivity index (χ0) is 35.7. The molecule has 13 heteroatoms. The third-order valence-corrected chi connectivity index (χ3v) is 8.11. The van der Waals surface area contributed by atoms with Crippen molar-refractivity contribution >= 4 is 39.6 Å². The Bertz CT molecular complexity index is 1390. The number of ether oxygens (including phenoxy) is 5. The SMILES string of the molecule is CCCCCNC(=O)CCOCCOCCOCCOCCOCCC(=O)NCCCCn1c(CCCC)nc2c(N)nc3ccccc3c21. The number of amides is 2. The van der Waals surface area contributed by atoms with E-state index in [1.165, 1.54) is 0 Å². The van der Waals surface area contributed by atoms with Crippen molar-refractivity contribution < 1.29 is 33.3 Å². The third kappa shape index (κ3) is 15.7. The Morgan fingerprint density at radius 3 is 1.76 bits per heavy atom. The molecule has 0 aliphatic rings. The van der Waals surface area contributed by atoms with Crippen molar-refractivity contribution in [3.05, 3.63) is 30.1 Å². The molecule has 2 amide bonds. The fraction of sp³-hybridized carbons (Fsp3) is 0.676. The summed E-state index contributed by atoms with van der Waals surface area (Å²) in [6, 6.07) is 8.06. The number of anilines is 1. The minimum absolute atomic E-state index is 0.0183. The molecule has 0 fully saturated rings. The van der Waals surface area contributed by atoms with E-state index in [1.54, 1.807) is 0 Å². The van der Waals surface area contributed by atoms with Crippen molar-refractivity contribution in [1.82, 2.24) is 25.2 Å². The number of hydrogen-bond acceptors (Lipinski definition) is 10. The van der Waals surface area contributed by atoms with Crippen molar-refractivity contribution in [2.45, 2.75) is 84.6 Å². The molecule has 4 N–H and O–H groups in total. The van der Waals surface area contributed by atoms with Crippen molar-refractivity contribution in [3.63, 3.8) is 0 Å². The summed E-state index contributed by atoms with van der Waals surface area (Å²) in [4.78, 5) is 33.4. The Morgan fingerprint density at radius 1 is 0.680 bits per heavy atom. The number of carbonyl (C=O) groups is 2. The maximum absolute atomic E-state index is 12.3. The van der Waals surface area contributed by atoms with Crippen LogP contribution >= 0.6 is 0 Å². The molecule has 0 aliphatic carbocycles. The van der Waals surface area contributed by atoms with Crippen LogP contribution in [0.4, 0.5) is 5.82 Å². The lowest BCUT2D eigenvalue weighted by molar-refractivity contribution is -0.123. The van der Waals surface area contributed by atoms with Gasteiger partial charge in [0.05, 0.1) is 77.1 Å². The summed E-state index contributed by atoms with van der Waals surface area (Å²) in [5, 5.41) is 6.96. The summed E-state index contributed by atoms with van der Waals surface area (Å²) in [5.41, 5.74) is 9.00. The first-order chi connectivity index (χ1) is 24.5. The van der Waals surface area contributed by atoms with E-state index < -0.39 is 0 Å². The number of imidazole rings is 1. The summed E-state index contributed by atoms with van der Waals surface area (Å²) < 4.78 is 29.8. The quantitative estimate of drug-likeness (QED) is 0.0841. The minimum atomic E-state index is -0.0183. The lowest BCUT2D eigenvalue weighted by Crippen LogP contribution is -2.26. The second-order valence-corrected chi connectivity index (χ2v) is 12.2. The topological polar surface area (TPSA) is 161 Å². The van der Waals surface area contributed by atoms with Crippen LogP contribution in [0.2, 0.25) is 0 Å². The van der Waals surface area contributed by atoms with Crippen molar-refractivity contribution in [3.8, 4) is 0 Å². The van der Waals surface area contributed by atoms with Crippen LogP contribution in [0.1, 0.15) is 77.5 Å². The maximum Gasteiger partial charge on any atom is 0.222 e. The number of para-hydroxylation sites is 1. The molecular formula is C37H60N6O7. The Kier molecular flexibility index (Phi) is 21.0. The first kappa shape index (κ1) is 41.1. The second kappa shape index (κ2) is 25.6. The van der Waals surface area contributed by atoms with E-state index in [9.17, 15) is 9.59 Å². The smallest absolute Gasteiger partial charge is 0.222 e. The van der Waals surface area contributed by atoms with Gasteiger partial charge >= 0.3 is 0 Å². The first-order valence-electron chi connectivity index (χ1n) is 18.5. The van der Waals surface area contributed by atoms with Gasteiger partial charge in [-0.15, -0.1) is 0 Å². The van der Waals surface area contributed by atoms with Crippen LogP contribution < -0.4 is 16.4 Å². The minimum Gasteiger partial charge on any atom is -0.382 e. The number of pyridine rings is 1. The van der Waals surface area contributed by atoms with Gasteiger partial charge in [-0.25, -0.2) is 9.97 Å². The Hall–Kier alpha value is -3.36. The fourth-order valence-electron chi connectivity index (χ4n) is 5.39. The molecule has 50 heavy (non-hydrogen) atoms. The first-order valence-corrected chi connectivity index (χ1v) is 18.5. The zero-order valence-corrected chi connectivity index (χ0v) is 30.3. The Morgan fingerprint density at radius 2 is 1.20 bits per heavy atom. The predicted octanol–water partition coefficient (Wildman–Crippen LogP) is 4.58. The molecule has 2 aromatic heterocycles. The normalized spacial score (nSPS) is 11.5. The highest BCUT2D eigenvalue weighted by atomic mass is 16.6. The van der Waals surface area contributed by atoms with Gasteiger partial charge in [0.1, 0.15) is 11.3 Å². The van der Waals surface area contributed by atoms with E-state index in [-0.39, 0.29) is 11.8 Å². The van der Waals surface area contributed by atoms with Gasteiger partial charge < -0.3 is 44.6 Å². The molecule has 0 saturated carbocycles. The van der Waals surface area contributed by atoms with Crippen LogP contribution in [0.15, 0.2) is 24.3 Å². The summed E-state index contributed by atoms with van der Waals surface area (Å²) in [7, 11) is 0. The number of rotatable bonds is 30. The van der Waals surface area contributed by atoms with Crippen LogP contribution in [0.5, 0.6) is 0 Å². The fourth-order valence-corrected chi connectivity index (χ4v) is 5.39. The second-order valence-electron chi connectivity index (χ2n) is 12.2. The molecule has 1 aromatic carbocycles. The van der Waals surface area contributed by atoms with Gasteiger partial charge in [0, 0.05) is 44.3 Å². The molecule has 0 atom stereocenters. The molecule has 0 radical (unpaired) electrons. The van der Waals surface area contributed by atoms with Crippen molar-refractivity contribution in [1.29, 1.82) is 0 Å². The maximum atomic E-state index is 12.3. The van der Waals surface area contributed by atoms with E-state index in [4.69, 9.17) is 34.4 Å². The third-order valence-electron chi connectivity index (χ3n) is 8.11. The number of nitrogen functional groups attached to an aromatic ring is 1. The molecule has 0 unspecified atom stereocenters. The largest absolute Gasteiger partial charge is 0.382 e. The highest BCUT2D eigenvalue weighted by Gasteiger charge is 2.17. The van der Waals surface area contributed by atoms with Gasteiger partial charge in [0.2, 0.25) is 11.8 Å². The molecule has 280 valence electrons. The average Bonchev–Trinajstić information content (AvgIpc) is 3.49. The molecule has 0 spiro atoms. The van der Waals surface area contributed by atoms with E-state index in [2.05, 4.69) is 40.1 Å². The molecule has 3 aromatic rings. The lowest BCUT2D eigenvalue weighted by atomic mass is 10.2. The van der Waals surface area contributed by atoms with E-state index in [0.717, 1.165) is 92.2 Å². The number of nitrogens with zero attached hydrogens (tertiary/aromatic N) is 3. The molecule has 0 aliphatic heterocycles. The van der Waals surface area contributed by atoms with Crippen LogP contribution in [0, 0.1) is 0 Å². The van der Waals surface area contributed by atoms with Crippen LogP contribution in [0.3, 0.4) is 0 Å². The highest BCUT2D eigenvalue weighted by molar-refractivity contribution is 6.06.